The Kier molecular flexibility index (Phi) is 1.65. The maximum absolute atomic E-state index is 5.25. The molecular weight excluding hydrogens is 148 g/mol. The Morgan fingerprint density at radius 3 is 2.75 bits per heavy atom. The Labute approximate surface area is 72.7 Å². The predicted octanol–water partition coefficient (Wildman–Crippen LogP) is 2.44. The van der Waals surface area contributed by atoms with Crippen molar-refractivity contribution in [3.63, 3.8) is 0 Å². The summed E-state index contributed by atoms with van der Waals surface area (Å²) in [7, 11) is 1.71. The van der Waals surface area contributed by atoms with Gasteiger partial charge in [-0.2, -0.15) is 0 Å². The first kappa shape index (κ1) is 7.41. The van der Waals surface area contributed by atoms with Gasteiger partial charge in [0.15, 0.2) is 0 Å². The van der Waals surface area contributed by atoms with E-state index >= 15 is 0 Å². The minimum absolute atomic E-state index is 0.983. The van der Waals surface area contributed by atoms with Gasteiger partial charge < -0.3 is 4.74 Å². The lowest BCUT2D eigenvalue weighted by Gasteiger charge is -2.14. The molecule has 1 aliphatic rings. The minimum Gasteiger partial charge on any atom is -0.496 e. The zero-order valence-corrected chi connectivity index (χ0v) is 7.35. The summed E-state index contributed by atoms with van der Waals surface area (Å²) in [6, 6.07) is 4.22. The number of methoxy groups -OCH3 is 1. The average Bonchev–Trinajstić information content (AvgIpc) is 2.07. The van der Waals surface area contributed by atoms with Crippen LogP contribution in [0.2, 0.25) is 0 Å². The lowest BCUT2D eigenvalue weighted by Crippen LogP contribution is -1.97. The summed E-state index contributed by atoms with van der Waals surface area (Å²) in [5.74, 6) is 0.983. The van der Waals surface area contributed by atoms with Crippen molar-refractivity contribution in [2.45, 2.75) is 13.3 Å². The van der Waals surface area contributed by atoms with Gasteiger partial charge in [0.2, 0.25) is 0 Å². The Balaban J connectivity index is 2.49. The van der Waals surface area contributed by atoms with E-state index in [-0.39, 0.29) is 0 Å². The summed E-state index contributed by atoms with van der Waals surface area (Å²) >= 11 is 0. The topological polar surface area (TPSA) is 9.23 Å². The molecule has 0 fully saturated rings. The summed E-state index contributed by atoms with van der Waals surface area (Å²) < 4.78 is 5.25. The Bertz CT molecular complexity index is 304. The van der Waals surface area contributed by atoms with Crippen LogP contribution in [0.15, 0.2) is 12.1 Å². The maximum Gasteiger partial charge on any atom is 0.122 e. The molecule has 0 amide bonds. The van der Waals surface area contributed by atoms with Gasteiger partial charge in [0, 0.05) is 0 Å². The van der Waals surface area contributed by atoms with Crippen LogP contribution in [0.25, 0.3) is 6.08 Å². The highest BCUT2D eigenvalue weighted by Gasteiger charge is 2.10. The quantitative estimate of drug-likeness (QED) is 0.654. The number of ether oxygens (including phenoxy) is 1. The molecule has 12 heavy (non-hydrogen) atoms. The zero-order valence-electron chi connectivity index (χ0n) is 7.35. The fraction of sp³-hybridized carbons (Fsp3) is 0.273. The summed E-state index contributed by atoms with van der Waals surface area (Å²) in [5.41, 5.74) is 3.73. The Hall–Kier alpha value is -1.24. The van der Waals surface area contributed by atoms with Crippen LogP contribution < -0.4 is 4.74 Å². The summed E-state index contributed by atoms with van der Waals surface area (Å²) in [4.78, 5) is 0. The third-order valence-corrected chi connectivity index (χ3v) is 2.22. The van der Waals surface area contributed by atoms with E-state index in [1.165, 1.54) is 16.7 Å². The van der Waals surface area contributed by atoms with E-state index < -0.39 is 0 Å². The molecule has 0 bridgehead atoms. The van der Waals surface area contributed by atoms with Gasteiger partial charge in [-0.1, -0.05) is 6.92 Å². The molecule has 1 aliphatic carbocycles. The molecule has 1 aromatic carbocycles. The minimum atomic E-state index is 0.983. The van der Waals surface area contributed by atoms with Gasteiger partial charge in [-0.15, -0.1) is 0 Å². The van der Waals surface area contributed by atoms with Gasteiger partial charge >= 0.3 is 0 Å². The molecule has 0 spiro atoms. The van der Waals surface area contributed by atoms with Gasteiger partial charge in [0.1, 0.15) is 5.75 Å². The van der Waals surface area contributed by atoms with E-state index in [1.54, 1.807) is 7.11 Å². The van der Waals surface area contributed by atoms with Crippen molar-refractivity contribution >= 4 is 6.08 Å². The summed E-state index contributed by atoms with van der Waals surface area (Å²) in [5, 5.41) is 0. The fourth-order valence-electron chi connectivity index (χ4n) is 1.43. The van der Waals surface area contributed by atoms with Crippen molar-refractivity contribution in [3.05, 3.63) is 34.9 Å². The van der Waals surface area contributed by atoms with Gasteiger partial charge in [-0.3, -0.25) is 0 Å². The molecule has 61 valence electrons. The Morgan fingerprint density at radius 2 is 2.25 bits per heavy atom. The van der Waals surface area contributed by atoms with E-state index in [2.05, 4.69) is 19.1 Å². The second kappa shape index (κ2) is 2.67. The lowest BCUT2D eigenvalue weighted by atomic mass is 9.94. The third kappa shape index (κ3) is 0.934. The second-order valence-electron chi connectivity index (χ2n) is 2.89. The number of rotatable bonds is 2. The van der Waals surface area contributed by atoms with Gasteiger partial charge in [0.25, 0.3) is 0 Å². The fourth-order valence-corrected chi connectivity index (χ4v) is 1.43. The zero-order chi connectivity index (χ0) is 8.55. The van der Waals surface area contributed by atoms with Crippen LogP contribution >= 0.6 is 0 Å². The van der Waals surface area contributed by atoms with Crippen molar-refractivity contribution in [3.8, 4) is 5.75 Å². The van der Waals surface area contributed by atoms with Crippen molar-refractivity contribution in [1.82, 2.24) is 0 Å². The molecule has 0 aliphatic heterocycles. The van der Waals surface area contributed by atoms with Crippen molar-refractivity contribution in [2.75, 3.05) is 7.11 Å². The van der Waals surface area contributed by atoms with Crippen LogP contribution in [-0.2, 0) is 6.42 Å². The molecule has 1 radical (unpaired) electrons. The second-order valence-corrected chi connectivity index (χ2v) is 2.89. The molecule has 0 aromatic heterocycles. The number of hydrogen-bond acceptors (Lipinski definition) is 1. The number of aryl methyl sites for hydroxylation is 1. The van der Waals surface area contributed by atoms with Crippen LogP contribution in [0, 0.1) is 6.08 Å². The molecule has 0 atom stereocenters. The van der Waals surface area contributed by atoms with E-state index in [9.17, 15) is 0 Å². The first-order valence-electron chi connectivity index (χ1n) is 4.16. The molecule has 0 saturated carbocycles. The van der Waals surface area contributed by atoms with E-state index in [0.29, 0.717) is 0 Å². The van der Waals surface area contributed by atoms with Crippen LogP contribution in [0.1, 0.15) is 23.6 Å². The molecule has 0 saturated heterocycles. The van der Waals surface area contributed by atoms with Crippen molar-refractivity contribution in [2.24, 2.45) is 0 Å². The normalized spacial score (nSPS) is 12.2. The molecular formula is C11H11O. The molecule has 2 rings (SSSR count). The largest absolute Gasteiger partial charge is 0.496 e. The number of fused-ring (bicyclic) bond motifs is 1. The molecule has 0 heterocycles. The van der Waals surface area contributed by atoms with Crippen molar-refractivity contribution in [1.29, 1.82) is 0 Å². The maximum atomic E-state index is 5.25. The molecule has 0 unspecified atom stereocenters. The lowest BCUT2D eigenvalue weighted by molar-refractivity contribution is 0.410. The van der Waals surface area contributed by atoms with E-state index in [0.717, 1.165) is 12.2 Å². The SMILES string of the molecule is CCc1cc2c(cc1OC)[C]=C2. The van der Waals surface area contributed by atoms with Crippen LogP contribution in [-0.4, -0.2) is 7.11 Å². The molecule has 1 nitrogen and oxygen atoms in total. The first-order chi connectivity index (χ1) is 5.85. The Morgan fingerprint density at radius 1 is 1.42 bits per heavy atom. The summed E-state index contributed by atoms with van der Waals surface area (Å²) in [6.45, 7) is 2.14. The van der Waals surface area contributed by atoms with E-state index in [1.807, 2.05) is 12.1 Å². The van der Waals surface area contributed by atoms with Crippen LogP contribution in [0.5, 0.6) is 5.75 Å². The average molecular weight is 159 g/mol. The first-order valence-corrected chi connectivity index (χ1v) is 4.16. The predicted molar refractivity (Wildman–Crippen MR) is 49.2 cm³/mol. The van der Waals surface area contributed by atoms with Crippen LogP contribution in [0.4, 0.5) is 0 Å². The standard InChI is InChI=1S/C11H11O/c1-3-8-6-9-4-5-10(9)7-11(8)12-2/h4,6-7H,3H2,1-2H3. The molecule has 0 N–H and O–H groups in total. The highest BCUT2D eigenvalue weighted by molar-refractivity contribution is 5.68. The molecule has 1 heteroatoms. The third-order valence-electron chi connectivity index (χ3n) is 2.22. The van der Waals surface area contributed by atoms with Gasteiger partial charge in [0.05, 0.1) is 7.11 Å². The number of benzene rings is 1. The molecule has 1 aromatic rings. The summed E-state index contributed by atoms with van der Waals surface area (Å²) in [6.07, 6.45) is 6.14. The monoisotopic (exact) mass is 159 g/mol. The van der Waals surface area contributed by atoms with Gasteiger partial charge in [-0.05, 0) is 47.4 Å². The highest BCUT2D eigenvalue weighted by Crippen LogP contribution is 2.29. The van der Waals surface area contributed by atoms with Crippen molar-refractivity contribution < 1.29 is 4.74 Å². The van der Waals surface area contributed by atoms with Crippen LogP contribution in [0.3, 0.4) is 0 Å². The van der Waals surface area contributed by atoms with E-state index in [4.69, 9.17) is 4.74 Å². The smallest absolute Gasteiger partial charge is 0.122 e. The highest BCUT2D eigenvalue weighted by atomic mass is 16.5. The van der Waals surface area contributed by atoms with Gasteiger partial charge in [-0.25, -0.2) is 0 Å². The number of hydrogen-bond donors (Lipinski definition) is 0.